The zero-order valence-electron chi connectivity index (χ0n) is 12.8. The van der Waals surface area contributed by atoms with Gasteiger partial charge < -0.3 is 15.8 Å². The van der Waals surface area contributed by atoms with Gasteiger partial charge in [-0.25, -0.2) is 0 Å². The van der Waals surface area contributed by atoms with Crippen molar-refractivity contribution in [2.24, 2.45) is 5.73 Å². The zero-order chi connectivity index (χ0) is 15.8. The van der Waals surface area contributed by atoms with Crippen LogP contribution in [-0.2, 0) is 11.2 Å². The molecule has 0 aromatic heterocycles. The third-order valence-corrected chi connectivity index (χ3v) is 3.29. The maximum Gasteiger partial charge on any atom is 0.237 e. The molecule has 0 aliphatic carbocycles. The van der Waals surface area contributed by atoms with Gasteiger partial charge in [-0.1, -0.05) is 42.5 Å². The molecule has 2 rings (SSSR count). The predicted molar refractivity (Wildman–Crippen MR) is 87.8 cm³/mol. The number of amides is 1. The molecular formula is C18H22N2O2. The third-order valence-electron chi connectivity index (χ3n) is 3.29. The Morgan fingerprint density at radius 3 is 2.68 bits per heavy atom. The number of nitrogens with one attached hydrogen (secondary N) is 1. The molecule has 0 aliphatic heterocycles. The van der Waals surface area contributed by atoms with Crippen molar-refractivity contribution < 1.29 is 9.53 Å². The smallest absolute Gasteiger partial charge is 0.237 e. The molecule has 116 valence electrons. The third kappa shape index (κ3) is 5.22. The molecule has 3 N–H and O–H groups in total. The Bertz CT molecular complexity index is 599. The summed E-state index contributed by atoms with van der Waals surface area (Å²) in [7, 11) is 0. The van der Waals surface area contributed by atoms with Crippen LogP contribution in [0.3, 0.4) is 0 Å². The van der Waals surface area contributed by atoms with E-state index in [9.17, 15) is 4.79 Å². The topological polar surface area (TPSA) is 64.3 Å². The van der Waals surface area contributed by atoms with Crippen LogP contribution in [0.4, 0.5) is 0 Å². The number of carbonyl (C=O) groups excluding carboxylic acids is 1. The first-order valence-electron chi connectivity index (χ1n) is 7.42. The number of aryl methyl sites for hydroxylation is 1. The van der Waals surface area contributed by atoms with Gasteiger partial charge in [-0.15, -0.1) is 0 Å². The van der Waals surface area contributed by atoms with Crippen molar-refractivity contribution >= 4 is 5.91 Å². The lowest BCUT2D eigenvalue weighted by Gasteiger charge is -2.13. The van der Waals surface area contributed by atoms with Crippen LogP contribution in [0.2, 0.25) is 0 Å². The minimum Gasteiger partial charge on any atom is -0.492 e. The summed E-state index contributed by atoms with van der Waals surface area (Å²) < 4.78 is 5.58. The van der Waals surface area contributed by atoms with Gasteiger partial charge in [0.25, 0.3) is 0 Å². The SMILES string of the molecule is Cc1cccc(OCCNC(=O)[C@@H](N)Cc2ccccc2)c1. The Labute approximate surface area is 131 Å². The highest BCUT2D eigenvalue weighted by Gasteiger charge is 2.13. The normalized spacial score (nSPS) is 11.7. The largest absolute Gasteiger partial charge is 0.492 e. The summed E-state index contributed by atoms with van der Waals surface area (Å²) in [4.78, 5) is 11.9. The van der Waals surface area contributed by atoms with E-state index in [-0.39, 0.29) is 5.91 Å². The Morgan fingerprint density at radius 1 is 1.18 bits per heavy atom. The maximum absolute atomic E-state index is 11.9. The second-order valence-electron chi connectivity index (χ2n) is 5.25. The first-order valence-corrected chi connectivity index (χ1v) is 7.42. The number of benzene rings is 2. The zero-order valence-corrected chi connectivity index (χ0v) is 12.8. The minimum absolute atomic E-state index is 0.156. The van der Waals surface area contributed by atoms with Crippen LogP contribution >= 0.6 is 0 Å². The number of hydrogen-bond donors (Lipinski definition) is 2. The lowest BCUT2D eigenvalue weighted by molar-refractivity contribution is -0.122. The van der Waals surface area contributed by atoms with E-state index in [1.165, 1.54) is 0 Å². The van der Waals surface area contributed by atoms with Crippen molar-refractivity contribution in [2.75, 3.05) is 13.2 Å². The standard InChI is InChI=1S/C18H22N2O2/c1-14-6-5-9-16(12-14)22-11-10-20-18(21)17(19)13-15-7-3-2-4-8-15/h2-9,12,17H,10-11,13,19H2,1H3,(H,20,21)/t17-/m0/s1. The lowest BCUT2D eigenvalue weighted by Crippen LogP contribution is -2.43. The highest BCUT2D eigenvalue weighted by atomic mass is 16.5. The second-order valence-corrected chi connectivity index (χ2v) is 5.25. The molecule has 0 heterocycles. The fourth-order valence-electron chi connectivity index (χ4n) is 2.14. The molecule has 4 heteroatoms. The molecule has 0 saturated carbocycles. The first-order chi connectivity index (χ1) is 10.6. The van der Waals surface area contributed by atoms with Gasteiger partial charge in [-0.2, -0.15) is 0 Å². The second kappa shape index (κ2) is 8.20. The average molecular weight is 298 g/mol. The number of hydrogen-bond acceptors (Lipinski definition) is 3. The minimum atomic E-state index is -0.540. The van der Waals surface area contributed by atoms with Crippen LogP contribution in [0.25, 0.3) is 0 Å². The Hall–Kier alpha value is -2.33. The molecule has 0 bridgehead atoms. The van der Waals surface area contributed by atoms with Gasteiger partial charge >= 0.3 is 0 Å². The summed E-state index contributed by atoms with van der Waals surface area (Å²) in [6, 6.07) is 17.0. The highest BCUT2D eigenvalue weighted by Crippen LogP contribution is 2.11. The molecule has 2 aromatic carbocycles. The molecule has 4 nitrogen and oxygen atoms in total. The van der Waals surface area contributed by atoms with Crippen LogP contribution in [-0.4, -0.2) is 25.1 Å². The van der Waals surface area contributed by atoms with Crippen LogP contribution in [0.5, 0.6) is 5.75 Å². The van der Waals surface area contributed by atoms with E-state index in [0.29, 0.717) is 19.6 Å². The summed E-state index contributed by atoms with van der Waals surface area (Å²) in [5.74, 6) is 0.652. The Morgan fingerprint density at radius 2 is 1.95 bits per heavy atom. The van der Waals surface area contributed by atoms with Crippen molar-refractivity contribution in [3.05, 3.63) is 65.7 Å². The van der Waals surface area contributed by atoms with Crippen molar-refractivity contribution in [2.45, 2.75) is 19.4 Å². The summed E-state index contributed by atoms with van der Waals surface area (Å²) in [6.45, 7) is 2.87. The van der Waals surface area contributed by atoms with Gasteiger partial charge in [0.2, 0.25) is 5.91 Å². The van der Waals surface area contributed by atoms with Crippen molar-refractivity contribution in [3.63, 3.8) is 0 Å². The van der Waals surface area contributed by atoms with Crippen molar-refractivity contribution in [1.82, 2.24) is 5.32 Å². The summed E-state index contributed by atoms with van der Waals surface area (Å²) >= 11 is 0. The molecule has 0 fully saturated rings. The van der Waals surface area contributed by atoms with Crippen LogP contribution in [0, 0.1) is 6.92 Å². The highest BCUT2D eigenvalue weighted by molar-refractivity contribution is 5.81. The molecule has 0 spiro atoms. The molecule has 0 saturated heterocycles. The van der Waals surface area contributed by atoms with Gasteiger partial charge in [-0.05, 0) is 36.6 Å². The van der Waals surface area contributed by atoms with Gasteiger partial charge in [-0.3, -0.25) is 4.79 Å². The predicted octanol–water partition coefficient (Wildman–Crippen LogP) is 2.06. The monoisotopic (exact) mass is 298 g/mol. The van der Waals surface area contributed by atoms with Crippen LogP contribution < -0.4 is 15.8 Å². The fourth-order valence-corrected chi connectivity index (χ4v) is 2.14. The van der Waals surface area contributed by atoms with Gasteiger partial charge in [0, 0.05) is 0 Å². The molecule has 1 amide bonds. The molecular weight excluding hydrogens is 276 g/mol. The van der Waals surface area contributed by atoms with E-state index in [4.69, 9.17) is 10.5 Å². The van der Waals surface area contributed by atoms with E-state index < -0.39 is 6.04 Å². The number of ether oxygens (including phenoxy) is 1. The Balaban J connectivity index is 1.69. The fraction of sp³-hybridized carbons (Fsp3) is 0.278. The van der Waals surface area contributed by atoms with E-state index in [1.807, 2.05) is 61.5 Å². The quantitative estimate of drug-likeness (QED) is 0.769. The molecule has 0 radical (unpaired) electrons. The van der Waals surface area contributed by atoms with Crippen LogP contribution in [0.1, 0.15) is 11.1 Å². The van der Waals surface area contributed by atoms with Crippen LogP contribution in [0.15, 0.2) is 54.6 Å². The molecule has 0 unspecified atom stereocenters. The van der Waals surface area contributed by atoms with E-state index in [2.05, 4.69) is 5.32 Å². The average Bonchev–Trinajstić information content (AvgIpc) is 2.52. The van der Waals surface area contributed by atoms with Gasteiger partial charge in [0.15, 0.2) is 0 Å². The van der Waals surface area contributed by atoms with Crippen molar-refractivity contribution in [1.29, 1.82) is 0 Å². The molecule has 22 heavy (non-hydrogen) atoms. The summed E-state index contributed by atoms with van der Waals surface area (Å²) in [6.07, 6.45) is 0.533. The number of nitrogens with two attached hydrogens (primary N) is 1. The maximum atomic E-state index is 11.9. The number of rotatable bonds is 7. The number of carbonyl (C=O) groups is 1. The lowest BCUT2D eigenvalue weighted by atomic mass is 10.1. The van der Waals surface area contributed by atoms with Crippen molar-refractivity contribution in [3.8, 4) is 5.75 Å². The molecule has 0 aliphatic rings. The van der Waals surface area contributed by atoms with E-state index >= 15 is 0 Å². The van der Waals surface area contributed by atoms with E-state index in [1.54, 1.807) is 0 Å². The van der Waals surface area contributed by atoms with E-state index in [0.717, 1.165) is 16.9 Å². The summed E-state index contributed by atoms with van der Waals surface area (Å²) in [5.41, 5.74) is 8.11. The van der Waals surface area contributed by atoms with Gasteiger partial charge in [0.1, 0.15) is 12.4 Å². The Kier molecular flexibility index (Phi) is 5.98. The summed E-state index contributed by atoms with van der Waals surface area (Å²) in [5, 5.41) is 2.80. The van der Waals surface area contributed by atoms with Gasteiger partial charge in [0.05, 0.1) is 12.6 Å². The molecule has 1 atom stereocenters. The molecule has 2 aromatic rings. The first kappa shape index (κ1) is 16.0.